The second-order valence-electron chi connectivity index (χ2n) is 7.29. The Labute approximate surface area is 131 Å². The molecule has 2 aliphatic rings. The van der Waals surface area contributed by atoms with Crippen LogP contribution in [-0.2, 0) is 4.74 Å². The van der Waals surface area contributed by atoms with E-state index in [1.165, 1.54) is 51.4 Å². The molecule has 2 heteroatoms. The summed E-state index contributed by atoms with van der Waals surface area (Å²) in [5.41, 5.74) is 0. The third-order valence-electron chi connectivity index (χ3n) is 5.63. The van der Waals surface area contributed by atoms with E-state index in [1.807, 2.05) is 0 Å². The molecule has 0 aromatic carbocycles. The average molecular weight is 291 g/mol. The minimum atomic E-state index is 0.295. The van der Waals surface area contributed by atoms with Crippen LogP contribution in [0.4, 0.5) is 0 Å². The molecule has 0 unspecified atom stereocenters. The molecule has 120 valence electrons. The lowest BCUT2D eigenvalue weighted by molar-refractivity contribution is 0.0187. The van der Waals surface area contributed by atoms with Crippen LogP contribution in [-0.4, -0.2) is 12.7 Å². The molecule has 0 radical (unpaired) electrons. The van der Waals surface area contributed by atoms with Gasteiger partial charge in [0.05, 0.1) is 12.2 Å². The number of rotatable bonds is 7. The van der Waals surface area contributed by atoms with Gasteiger partial charge in [0.1, 0.15) is 0 Å². The standard InChI is InChI=1S/C19H33NO/c1-2-4-16-6-8-17(9-7-16)5-3-14-21-19-12-10-18(15-20)11-13-19/h16-19H,2-14H2,1H3/t16-,17-,18-,19-. The molecule has 0 atom stereocenters. The van der Waals surface area contributed by atoms with Gasteiger partial charge in [-0.05, 0) is 50.4 Å². The Morgan fingerprint density at radius 1 is 0.905 bits per heavy atom. The van der Waals surface area contributed by atoms with E-state index in [2.05, 4.69) is 13.0 Å². The number of nitrogens with zero attached hydrogens (tertiary/aromatic N) is 1. The molecule has 2 saturated carbocycles. The van der Waals surface area contributed by atoms with E-state index in [-0.39, 0.29) is 0 Å². The van der Waals surface area contributed by atoms with E-state index < -0.39 is 0 Å². The number of hydrogen-bond acceptors (Lipinski definition) is 2. The predicted molar refractivity (Wildman–Crippen MR) is 86.9 cm³/mol. The molecule has 2 nitrogen and oxygen atoms in total. The lowest BCUT2D eigenvalue weighted by Crippen LogP contribution is -2.22. The van der Waals surface area contributed by atoms with Crippen LogP contribution in [0.5, 0.6) is 0 Å². The number of ether oxygens (including phenoxy) is 1. The van der Waals surface area contributed by atoms with Gasteiger partial charge in [-0.2, -0.15) is 5.26 Å². The van der Waals surface area contributed by atoms with Gasteiger partial charge in [-0.25, -0.2) is 0 Å². The van der Waals surface area contributed by atoms with Gasteiger partial charge in [-0.15, -0.1) is 0 Å². The monoisotopic (exact) mass is 291 g/mol. The van der Waals surface area contributed by atoms with Crippen molar-refractivity contribution in [2.75, 3.05) is 6.61 Å². The van der Waals surface area contributed by atoms with Crippen LogP contribution in [0.2, 0.25) is 0 Å². The van der Waals surface area contributed by atoms with Crippen LogP contribution in [0.25, 0.3) is 0 Å². The first-order valence-electron chi connectivity index (χ1n) is 9.33. The zero-order valence-electron chi connectivity index (χ0n) is 13.9. The first kappa shape index (κ1) is 16.8. The summed E-state index contributed by atoms with van der Waals surface area (Å²) in [6, 6.07) is 2.39. The summed E-state index contributed by atoms with van der Waals surface area (Å²) < 4.78 is 6.02. The highest BCUT2D eigenvalue weighted by Crippen LogP contribution is 2.34. The predicted octanol–water partition coefficient (Wildman–Crippen LogP) is 5.47. The van der Waals surface area contributed by atoms with Crippen LogP contribution < -0.4 is 0 Å². The van der Waals surface area contributed by atoms with Crippen LogP contribution in [0.3, 0.4) is 0 Å². The molecule has 0 N–H and O–H groups in total. The Kier molecular flexibility index (Phi) is 7.58. The highest BCUT2D eigenvalue weighted by atomic mass is 16.5. The van der Waals surface area contributed by atoms with Gasteiger partial charge in [0, 0.05) is 12.5 Å². The van der Waals surface area contributed by atoms with E-state index in [9.17, 15) is 0 Å². The second-order valence-corrected chi connectivity index (χ2v) is 7.29. The van der Waals surface area contributed by atoms with Crippen molar-refractivity contribution in [2.24, 2.45) is 17.8 Å². The van der Waals surface area contributed by atoms with Crippen molar-refractivity contribution in [3.8, 4) is 6.07 Å². The van der Waals surface area contributed by atoms with E-state index >= 15 is 0 Å². The topological polar surface area (TPSA) is 33.0 Å². The van der Waals surface area contributed by atoms with Crippen molar-refractivity contribution in [2.45, 2.75) is 90.1 Å². The summed E-state index contributed by atoms with van der Waals surface area (Å²) in [5.74, 6) is 2.29. The van der Waals surface area contributed by atoms with Gasteiger partial charge >= 0.3 is 0 Å². The molecule has 0 bridgehead atoms. The summed E-state index contributed by atoms with van der Waals surface area (Å²) in [7, 11) is 0. The molecule has 0 aromatic rings. The lowest BCUT2D eigenvalue weighted by Gasteiger charge is -2.29. The number of hydrogen-bond donors (Lipinski definition) is 0. The maximum absolute atomic E-state index is 8.90. The van der Waals surface area contributed by atoms with Crippen molar-refractivity contribution >= 4 is 0 Å². The zero-order chi connectivity index (χ0) is 14.9. The van der Waals surface area contributed by atoms with E-state index in [4.69, 9.17) is 10.00 Å². The lowest BCUT2D eigenvalue weighted by atomic mass is 9.78. The van der Waals surface area contributed by atoms with Gasteiger partial charge in [-0.1, -0.05) is 45.4 Å². The Balaban J connectivity index is 1.48. The second kappa shape index (κ2) is 9.46. The third-order valence-corrected chi connectivity index (χ3v) is 5.63. The molecule has 0 saturated heterocycles. The first-order valence-corrected chi connectivity index (χ1v) is 9.33. The Morgan fingerprint density at radius 3 is 2.10 bits per heavy atom. The Morgan fingerprint density at radius 2 is 1.52 bits per heavy atom. The SMILES string of the molecule is CCC[C@H]1CC[C@H](CCCO[C@H]2CC[C@H](C#N)CC2)CC1. The maximum Gasteiger partial charge on any atom is 0.0655 e. The smallest absolute Gasteiger partial charge is 0.0655 e. The fraction of sp³-hybridized carbons (Fsp3) is 0.947. The largest absolute Gasteiger partial charge is 0.378 e. The zero-order valence-corrected chi connectivity index (χ0v) is 13.9. The highest BCUT2D eigenvalue weighted by Gasteiger charge is 2.22. The molecular formula is C19H33NO. The van der Waals surface area contributed by atoms with Gasteiger partial charge < -0.3 is 4.74 Å². The summed E-state index contributed by atoms with van der Waals surface area (Å²) in [6.07, 6.45) is 16.0. The molecule has 0 aromatic heterocycles. The maximum atomic E-state index is 8.90. The van der Waals surface area contributed by atoms with Gasteiger partial charge in [0.25, 0.3) is 0 Å². The van der Waals surface area contributed by atoms with Crippen molar-refractivity contribution < 1.29 is 4.74 Å². The molecule has 0 spiro atoms. The first-order chi connectivity index (χ1) is 10.3. The normalized spacial score (nSPS) is 33.5. The Bertz CT molecular complexity index is 306. The van der Waals surface area contributed by atoms with Gasteiger partial charge in [-0.3, -0.25) is 0 Å². The fourth-order valence-corrected chi connectivity index (χ4v) is 4.20. The third kappa shape index (κ3) is 5.99. The van der Waals surface area contributed by atoms with Crippen molar-refractivity contribution in [3.63, 3.8) is 0 Å². The quantitative estimate of drug-likeness (QED) is 0.582. The summed E-state index contributed by atoms with van der Waals surface area (Å²) >= 11 is 0. The molecule has 2 aliphatic carbocycles. The molecule has 0 aliphatic heterocycles. The van der Waals surface area contributed by atoms with E-state index in [0.29, 0.717) is 12.0 Å². The molecular weight excluding hydrogens is 258 g/mol. The molecule has 21 heavy (non-hydrogen) atoms. The van der Waals surface area contributed by atoms with E-state index in [0.717, 1.165) is 44.1 Å². The summed E-state index contributed by atoms with van der Waals surface area (Å²) in [5, 5.41) is 8.90. The minimum absolute atomic E-state index is 0.295. The van der Waals surface area contributed by atoms with Crippen molar-refractivity contribution in [1.29, 1.82) is 5.26 Å². The average Bonchev–Trinajstić information content (AvgIpc) is 2.54. The van der Waals surface area contributed by atoms with Crippen LogP contribution in [0.1, 0.15) is 84.0 Å². The van der Waals surface area contributed by atoms with Crippen molar-refractivity contribution in [3.05, 3.63) is 0 Å². The van der Waals surface area contributed by atoms with Gasteiger partial charge in [0.2, 0.25) is 0 Å². The summed E-state index contributed by atoms with van der Waals surface area (Å²) in [6.45, 7) is 3.25. The summed E-state index contributed by atoms with van der Waals surface area (Å²) in [4.78, 5) is 0. The Hall–Kier alpha value is -0.550. The van der Waals surface area contributed by atoms with Crippen molar-refractivity contribution in [1.82, 2.24) is 0 Å². The fourth-order valence-electron chi connectivity index (χ4n) is 4.20. The molecule has 2 fully saturated rings. The van der Waals surface area contributed by atoms with Crippen LogP contribution in [0.15, 0.2) is 0 Å². The molecule has 0 amide bonds. The minimum Gasteiger partial charge on any atom is -0.378 e. The molecule has 0 heterocycles. The van der Waals surface area contributed by atoms with Crippen LogP contribution in [0, 0.1) is 29.1 Å². The van der Waals surface area contributed by atoms with Gasteiger partial charge in [0.15, 0.2) is 0 Å². The highest BCUT2D eigenvalue weighted by molar-refractivity contribution is 4.87. The van der Waals surface area contributed by atoms with Crippen LogP contribution >= 0.6 is 0 Å². The van der Waals surface area contributed by atoms with E-state index in [1.54, 1.807) is 0 Å². The number of nitriles is 1. The molecule has 2 rings (SSSR count).